The fourth-order valence-electron chi connectivity index (χ4n) is 1.22. The molecule has 0 amide bonds. The van der Waals surface area contributed by atoms with Crippen LogP contribution in [-0.2, 0) is 0 Å². The SMILES string of the molecule is COc1ccc(I)c(C=O)c1C(C)=O. The largest absolute Gasteiger partial charge is 0.496 e. The van der Waals surface area contributed by atoms with Gasteiger partial charge in [0, 0.05) is 9.13 Å². The summed E-state index contributed by atoms with van der Waals surface area (Å²) >= 11 is 2.01. The van der Waals surface area contributed by atoms with Gasteiger partial charge in [-0.3, -0.25) is 9.59 Å². The number of methoxy groups -OCH3 is 1. The Morgan fingerprint density at radius 2 is 2.14 bits per heavy atom. The molecule has 0 spiro atoms. The second-order valence-electron chi connectivity index (χ2n) is 2.71. The van der Waals surface area contributed by atoms with E-state index in [0.717, 1.165) is 3.57 Å². The van der Waals surface area contributed by atoms with Gasteiger partial charge in [-0.15, -0.1) is 0 Å². The van der Waals surface area contributed by atoms with Crippen molar-refractivity contribution in [2.45, 2.75) is 6.92 Å². The topological polar surface area (TPSA) is 43.4 Å². The van der Waals surface area contributed by atoms with E-state index in [4.69, 9.17) is 4.74 Å². The van der Waals surface area contributed by atoms with Crippen molar-refractivity contribution in [3.05, 3.63) is 26.8 Å². The molecule has 0 aliphatic heterocycles. The van der Waals surface area contributed by atoms with Gasteiger partial charge in [0.25, 0.3) is 0 Å². The van der Waals surface area contributed by atoms with Crippen LogP contribution in [0.4, 0.5) is 0 Å². The maximum Gasteiger partial charge on any atom is 0.164 e. The second kappa shape index (κ2) is 4.54. The minimum absolute atomic E-state index is 0.164. The maximum atomic E-state index is 11.3. The molecule has 0 aliphatic carbocycles. The van der Waals surface area contributed by atoms with Crippen LogP contribution in [0.3, 0.4) is 0 Å². The van der Waals surface area contributed by atoms with Gasteiger partial charge < -0.3 is 4.74 Å². The lowest BCUT2D eigenvalue weighted by atomic mass is 10.0. The third kappa shape index (κ3) is 1.95. The third-order valence-corrected chi connectivity index (χ3v) is 2.78. The number of aldehydes is 1. The van der Waals surface area contributed by atoms with Crippen LogP contribution < -0.4 is 4.74 Å². The van der Waals surface area contributed by atoms with Gasteiger partial charge in [-0.2, -0.15) is 0 Å². The van der Waals surface area contributed by atoms with Gasteiger partial charge >= 0.3 is 0 Å². The van der Waals surface area contributed by atoms with E-state index in [-0.39, 0.29) is 5.78 Å². The smallest absolute Gasteiger partial charge is 0.164 e. The molecule has 0 saturated carbocycles. The molecule has 0 atom stereocenters. The second-order valence-corrected chi connectivity index (χ2v) is 3.87. The van der Waals surface area contributed by atoms with E-state index in [0.29, 0.717) is 23.2 Å². The average molecular weight is 304 g/mol. The number of halogens is 1. The van der Waals surface area contributed by atoms with E-state index in [1.807, 2.05) is 22.6 Å². The van der Waals surface area contributed by atoms with Crippen LogP contribution in [0.15, 0.2) is 12.1 Å². The molecular formula is C10H9IO3. The van der Waals surface area contributed by atoms with E-state index < -0.39 is 0 Å². The summed E-state index contributed by atoms with van der Waals surface area (Å²) in [5.41, 5.74) is 0.756. The van der Waals surface area contributed by atoms with E-state index in [2.05, 4.69) is 0 Å². The van der Waals surface area contributed by atoms with Crippen LogP contribution >= 0.6 is 22.6 Å². The zero-order chi connectivity index (χ0) is 10.7. The Morgan fingerprint density at radius 3 is 2.57 bits per heavy atom. The monoisotopic (exact) mass is 304 g/mol. The summed E-state index contributed by atoms with van der Waals surface area (Å²) < 4.78 is 5.77. The highest BCUT2D eigenvalue weighted by atomic mass is 127. The Morgan fingerprint density at radius 1 is 1.50 bits per heavy atom. The van der Waals surface area contributed by atoms with Gasteiger partial charge in [0.1, 0.15) is 5.75 Å². The number of carbonyl (C=O) groups is 2. The van der Waals surface area contributed by atoms with Crippen molar-refractivity contribution in [1.82, 2.24) is 0 Å². The van der Waals surface area contributed by atoms with Gasteiger partial charge in [-0.1, -0.05) is 0 Å². The van der Waals surface area contributed by atoms with E-state index in [1.54, 1.807) is 12.1 Å². The lowest BCUT2D eigenvalue weighted by molar-refractivity contribution is 0.100. The standard InChI is InChI=1S/C10H9IO3/c1-6(13)10-7(5-12)8(11)3-4-9(10)14-2/h3-5H,1-2H3. The molecule has 0 aromatic heterocycles. The molecule has 0 fully saturated rings. The molecule has 0 unspecified atom stereocenters. The molecule has 3 nitrogen and oxygen atoms in total. The van der Waals surface area contributed by atoms with Gasteiger partial charge in [-0.05, 0) is 41.6 Å². The lowest BCUT2D eigenvalue weighted by Gasteiger charge is -2.09. The van der Waals surface area contributed by atoms with Crippen molar-refractivity contribution in [2.75, 3.05) is 7.11 Å². The van der Waals surface area contributed by atoms with Crippen molar-refractivity contribution in [3.63, 3.8) is 0 Å². The molecule has 0 N–H and O–H groups in total. The van der Waals surface area contributed by atoms with Crippen molar-refractivity contribution in [3.8, 4) is 5.75 Å². The van der Waals surface area contributed by atoms with Crippen molar-refractivity contribution in [2.24, 2.45) is 0 Å². The predicted molar refractivity (Wildman–Crippen MR) is 61.1 cm³/mol. The average Bonchev–Trinajstić information content (AvgIpc) is 2.17. The van der Waals surface area contributed by atoms with Crippen LogP contribution in [0.1, 0.15) is 27.6 Å². The van der Waals surface area contributed by atoms with Crippen LogP contribution in [0, 0.1) is 3.57 Å². The highest BCUT2D eigenvalue weighted by Crippen LogP contribution is 2.25. The molecular weight excluding hydrogens is 295 g/mol. The highest BCUT2D eigenvalue weighted by Gasteiger charge is 2.15. The van der Waals surface area contributed by atoms with Crippen LogP contribution in [-0.4, -0.2) is 19.2 Å². The summed E-state index contributed by atoms with van der Waals surface area (Å²) in [6, 6.07) is 3.43. The first-order valence-corrected chi connectivity index (χ1v) is 5.02. The molecule has 1 aromatic carbocycles. The number of ketones is 1. The zero-order valence-corrected chi connectivity index (χ0v) is 9.99. The summed E-state index contributed by atoms with van der Waals surface area (Å²) in [5.74, 6) is 0.280. The molecule has 0 radical (unpaired) electrons. The summed E-state index contributed by atoms with van der Waals surface area (Å²) in [5, 5.41) is 0. The Bertz CT molecular complexity index is 385. The number of carbonyl (C=O) groups excluding carboxylic acids is 2. The number of Topliss-reactive ketones (excluding diaryl/α,β-unsaturated/α-hetero) is 1. The molecule has 0 aliphatic rings. The highest BCUT2D eigenvalue weighted by molar-refractivity contribution is 14.1. The third-order valence-electron chi connectivity index (χ3n) is 1.84. The summed E-state index contributed by atoms with van der Waals surface area (Å²) in [6.45, 7) is 1.42. The first kappa shape index (κ1) is 11.2. The van der Waals surface area contributed by atoms with Crippen molar-refractivity contribution < 1.29 is 14.3 Å². The molecule has 0 saturated heterocycles. The number of rotatable bonds is 3. The van der Waals surface area contributed by atoms with E-state index in [1.165, 1.54) is 14.0 Å². The summed E-state index contributed by atoms with van der Waals surface area (Å²) in [7, 11) is 1.48. The van der Waals surface area contributed by atoms with E-state index in [9.17, 15) is 9.59 Å². The molecule has 74 valence electrons. The molecule has 4 heteroatoms. The minimum Gasteiger partial charge on any atom is -0.496 e. The summed E-state index contributed by atoms with van der Waals surface area (Å²) in [6.07, 6.45) is 0.682. The Balaban J connectivity index is 3.51. The Kier molecular flexibility index (Phi) is 3.62. The number of ether oxygens (including phenoxy) is 1. The Labute approximate surface area is 95.6 Å². The van der Waals surface area contributed by atoms with Gasteiger partial charge in [0.15, 0.2) is 12.1 Å². The Hall–Kier alpha value is -0.910. The van der Waals surface area contributed by atoms with Crippen LogP contribution in [0.2, 0.25) is 0 Å². The van der Waals surface area contributed by atoms with Gasteiger partial charge in [0.05, 0.1) is 12.7 Å². The predicted octanol–water partition coefficient (Wildman–Crippen LogP) is 2.31. The van der Waals surface area contributed by atoms with Crippen molar-refractivity contribution in [1.29, 1.82) is 0 Å². The molecule has 0 bridgehead atoms. The normalized spacial score (nSPS) is 9.64. The molecule has 0 heterocycles. The van der Waals surface area contributed by atoms with Crippen molar-refractivity contribution >= 4 is 34.7 Å². The molecule has 14 heavy (non-hydrogen) atoms. The quantitative estimate of drug-likeness (QED) is 0.489. The van der Waals surface area contributed by atoms with Crippen LogP contribution in [0.5, 0.6) is 5.75 Å². The maximum absolute atomic E-state index is 11.3. The number of hydrogen-bond acceptors (Lipinski definition) is 3. The molecule has 1 aromatic rings. The number of benzene rings is 1. The summed E-state index contributed by atoms with van der Waals surface area (Å²) in [4.78, 5) is 22.1. The minimum atomic E-state index is -0.164. The van der Waals surface area contributed by atoms with Gasteiger partial charge in [0.2, 0.25) is 0 Å². The van der Waals surface area contributed by atoms with E-state index >= 15 is 0 Å². The lowest BCUT2D eigenvalue weighted by Crippen LogP contribution is -2.04. The van der Waals surface area contributed by atoms with Crippen LogP contribution in [0.25, 0.3) is 0 Å². The van der Waals surface area contributed by atoms with Gasteiger partial charge in [-0.25, -0.2) is 0 Å². The first-order chi connectivity index (χ1) is 6.61. The fraction of sp³-hybridized carbons (Fsp3) is 0.200. The molecule has 1 rings (SSSR count). The number of hydrogen-bond donors (Lipinski definition) is 0. The zero-order valence-electron chi connectivity index (χ0n) is 7.83. The first-order valence-electron chi connectivity index (χ1n) is 3.94. The fourth-order valence-corrected chi connectivity index (χ4v) is 1.80.